The Morgan fingerprint density at radius 2 is 1.82 bits per heavy atom. The predicted molar refractivity (Wildman–Crippen MR) is 69.2 cm³/mol. The molecule has 17 heavy (non-hydrogen) atoms. The highest BCUT2D eigenvalue weighted by atomic mass is 16.4. The van der Waals surface area contributed by atoms with Crippen LogP contribution in [-0.2, 0) is 11.2 Å². The Morgan fingerprint density at radius 3 is 2.53 bits per heavy atom. The van der Waals surface area contributed by atoms with E-state index in [4.69, 9.17) is 5.11 Å². The van der Waals surface area contributed by atoms with Crippen LogP contribution in [0.15, 0.2) is 36.4 Å². The van der Waals surface area contributed by atoms with Crippen LogP contribution in [0, 0.1) is 12.8 Å². The van der Waals surface area contributed by atoms with E-state index in [0.29, 0.717) is 6.42 Å². The van der Waals surface area contributed by atoms with Gasteiger partial charge in [0.2, 0.25) is 0 Å². The van der Waals surface area contributed by atoms with E-state index in [9.17, 15) is 4.79 Å². The van der Waals surface area contributed by atoms with Crippen molar-refractivity contribution >= 4 is 16.7 Å². The van der Waals surface area contributed by atoms with Crippen molar-refractivity contribution in [1.82, 2.24) is 0 Å². The number of rotatable bonds is 3. The predicted octanol–water partition coefficient (Wildman–Crippen LogP) is 3.41. The van der Waals surface area contributed by atoms with Crippen molar-refractivity contribution in [3.05, 3.63) is 47.5 Å². The molecule has 0 heterocycles. The molecule has 0 bridgehead atoms. The van der Waals surface area contributed by atoms with Crippen molar-refractivity contribution in [2.75, 3.05) is 0 Å². The number of benzene rings is 2. The van der Waals surface area contributed by atoms with Gasteiger partial charge in [-0.25, -0.2) is 0 Å². The average Bonchev–Trinajstić information content (AvgIpc) is 2.29. The van der Waals surface area contributed by atoms with Crippen LogP contribution in [0.1, 0.15) is 18.1 Å². The first-order valence-electron chi connectivity index (χ1n) is 5.78. The minimum atomic E-state index is -0.742. The summed E-state index contributed by atoms with van der Waals surface area (Å²) < 4.78 is 0. The fourth-order valence-corrected chi connectivity index (χ4v) is 1.98. The summed E-state index contributed by atoms with van der Waals surface area (Å²) in [6, 6.07) is 12.5. The highest BCUT2D eigenvalue weighted by Crippen LogP contribution is 2.19. The zero-order valence-corrected chi connectivity index (χ0v) is 10.1. The summed E-state index contributed by atoms with van der Waals surface area (Å²) in [7, 11) is 0. The number of carboxylic acids is 1. The van der Waals surface area contributed by atoms with Crippen LogP contribution in [0.25, 0.3) is 10.8 Å². The average molecular weight is 228 g/mol. The molecule has 2 heteroatoms. The fourth-order valence-electron chi connectivity index (χ4n) is 1.98. The molecule has 0 aliphatic rings. The second-order valence-corrected chi connectivity index (χ2v) is 4.63. The van der Waals surface area contributed by atoms with Crippen molar-refractivity contribution < 1.29 is 9.90 Å². The number of carboxylic acid groups (broad SMARTS) is 1. The molecule has 88 valence electrons. The van der Waals surface area contributed by atoms with Gasteiger partial charge in [-0.3, -0.25) is 4.79 Å². The van der Waals surface area contributed by atoms with Crippen LogP contribution in [-0.4, -0.2) is 11.1 Å². The summed E-state index contributed by atoms with van der Waals surface area (Å²) >= 11 is 0. The van der Waals surface area contributed by atoms with E-state index >= 15 is 0 Å². The van der Waals surface area contributed by atoms with Gasteiger partial charge in [0.25, 0.3) is 0 Å². The van der Waals surface area contributed by atoms with Gasteiger partial charge in [-0.2, -0.15) is 0 Å². The molecule has 0 aromatic heterocycles. The maximum absolute atomic E-state index is 10.8. The first-order valence-corrected chi connectivity index (χ1v) is 5.78. The van der Waals surface area contributed by atoms with Gasteiger partial charge in [-0.15, -0.1) is 0 Å². The monoisotopic (exact) mass is 228 g/mol. The Morgan fingerprint density at radius 1 is 1.18 bits per heavy atom. The Bertz CT molecular complexity index is 558. The van der Waals surface area contributed by atoms with Gasteiger partial charge in [0.15, 0.2) is 0 Å². The van der Waals surface area contributed by atoms with Gasteiger partial charge in [0, 0.05) is 0 Å². The topological polar surface area (TPSA) is 37.3 Å². The number of fused-ring (bicyclic) bond motifs is 1. The highest BCUT2D eigenvalue weighted by Gasteiger charge is 2.11. The van der Waals surface area contributed by atoms with Gasteiger partial charge in [-0.1, -0.05) is 48.9 Å². The van der Waals surface area contributed by atoms with Crippen LogP contribution >= 0.6 is 0 Å². The molecule has 2 aromatic carbocycles. The maximum Gasteiger partial charge on any atom is 0.306 e. The van der Waals surface area contributed by atoms with Gasteiger partial charge in [0.05, 0.1) is 5.92 Å². The zero-order chi connectivity index (χ0) is 12.4. The van der Waals surface area contributed by atoms with Crippen molar-refractivity contribution in [2.24, 2.45) is 5.92 Å². The molecule has 1 N–H and O–H groups in total. The first-order chi connectivity index (χ1) is 8.06. The minimum absolute atomic E-state index is 0.335. The molecular formula is C15H16O2. The smallest absolute Gasteiger partial charge is 0.306 e. The van der Waals surface area contributed by atoms with Crippen LogP contribution in [0.3, 0.4) is 0 Å². The van der Waals surface area contributed by atoms with Crippen molar-refractivity contribution in [1.29, 1.82) is 0 Å². The molecule has 0 radical (unpaired) electrons. The third kappa shape index (κ3) is 2.64. The lowest BCUT2D eigenvalue weighted by Gasteiger charge is -2.07. The third-order valence-corrected chi connectivity index (χ3v) is 3.02. The molecule has 1 unspecified atom stereocenters. The van der Waals surface area contributed by atoms with Gasteiger partial charge in [0.1, 0.15) is 0 Å². The maximum atomic E-state index is 10.8. The molecule has 0 amide bonds. The largest absolute Gasteiger partial charge is 0.481 e. The first kappa shape index (κ1) is 11.6. The Labute approximate surface area is 101 Å². The molecule has 0 saturated heterocycles. The Balaban J connectivity index is 2.32. The molecule has 0 saturated carbocycles. The molecule has 2 rings (SSSR count). The third-order valence-electron chi connectivity index (χ3n) is 3.02. The second-order valence-electron chi connectivity index (χ2n) is 4.63. The van der Waals surface area contributed by atoms with E-state index in [-0.39, 0.29) is 5.92 Å². The minimum Gasteiger partial charge on any atom is -0.481 e. The zero-order valence-electron chi connectivity index (χ0n) is 10.1. The lowest BCUT2D eigenvalue weighted by Crippen LogP contribution is -2.12. The van der Waals surface area contributed by atoms with Gasteiger partial charge >= 0.3 is 5.97 Å². The van der Waals surface area contributed by atoms with Crippen molar-refractivity contribution in [3.8, 4) is 0 Å². The summed E-state index contributed by atoms with van der Waals surface area (Å²) in [4.78, 5) is 10.8. The fraction of sp³-hybridized carbons (Fsp3) is 0.267. The lowest BCUT2D eigenvalue weighted by atomic mass is 9.98. The van der Waals surface area contributed by atoms with Gasteiger partial charge < -0.3 is 5.11 Å². The summed E-state index contributed by atoms with van der Waals surface area (Å²) in [6.07, 6.45) is 0.582. The Kier molecular flexibility index (Phi) is 3.14. The van der Waals surface area contributed by atoms with E-state index in [2.05, 4.69) is 37.3 Å². The Hall–Kier alpha value is -1.83. The van der Waals surface area contributed by atoms with E-state index in [1.807, 2.05) is 6.07 Å². The highest BCUT2D eigenvalue weighted by molar-refractivity contribution is 5.84. The van der Waals surface area contributed by atoms with Crippen molar-refractivity contribution in [3.63, 3.8) is 0 Å². The van der Waals surface area contributed by atoms with E-state index in [1.165, 1.54) is 16.3 Å². The van der Waals surface area contributed by atoms with Crippen LogP contribution < -0.4 is 0 Å². The summed E-state index contributed by atoms with van der Waals surface area (Å²) in [6.45, 7) is 3.81. The molecular weight excluding hydrogens is 212 g/mol. The van der Waals surface area contributed by atoms with E-state index < -0.39 is 5.97 Å². The number of hydrogen-bond donors (Lipinski definition) is 1. The molecule has 1 atom stereocenters. The summed E-state index contributed by atoms with van der Waals surface area (Å²) in [5, 5.41) is 11.3. The summed E-state index contributed by atoms with van der Waals surface area (Å²) in [5.41, 5.74) is 2.32. The SMILES string of the molecule is Cc1ccc2cc(CC(C)C(=O)O)ccc2c1. The number of aliphatic carboxylic acids is 1. The summed E-state index contributed by atoms with van der Waals surface area (Å²) in [5.74, 6) is -1.08. The van der Waals surface area contributed by atoms with Crippen LogP contribution in [0.5, 0.6) is 0 Å². The molecule has 2 nitrogen and oxygen atoms in total. The molecule has 0 aliphatic heterocycles. The van der Waals surface area contributed by atoms with Crippen LogP contribution in [0.4, 0.5) is 0 Å². The molecule has 0 spiro atoms. The van der Waals surface area contributed by atoms with Crippen LogP contribution in [0.2, 0.25) is 0 Å². The standard InChI is InChI=1S/C15H16O2/c1-10-3-5-14-9-12(4-6-13(14)7-10)8-11(2)15(16)17/h3-7,9,11H,8H2,1-2H3,(H,16,17). The number of aryl methyl sites for hydroxylation is 1. The quantitative estimate of drug-likeness (QED) is 0.874. The van der Waals surface area contributed by atoms with E-state index in [1.54, 1.807) is 6.92 Å². The number of hydrogen-bond acceptors (Lipinski definition) is 1. The van der Waals surface area contributed by atoms with Gasteiger partial charge in [-0.05, 0) is 29.7 Å². The second kappa shape index (κ2) is 4.58. The molecule has 0 fully saturated rings. The number of carbonyl (C=O) groups is 1. The lowest BCUT2D eigenvalue weighted by molar-refractivity contribution is -0.141. The molecule has 0 aliphatic carbocycles. The normalized spacial score (nSPS) is 12.6. The van der Waals surface area contributed by atoms with E-state index in [0.717, 1.165) is 5.56 Å². The molecule has 2 aromatic rings. The van der Waals surface area contributed by atoms with Crippen molar-refractivity contribution in [2.45, 2.75) is 20.3 Å².